The van der Waals surface area contributed by atoms with E-state index in [0.717, 1.165) is 23.8 Å². The quantitative estimate of drug-likeness (QED) is 0.181. The first-order chi connectivity index (χ1) is 22.5. The SMILES string of the molecule is CCc1cnc2c(OCC(N)=O)cc(C(=O)NCC(O)(c3cc4c(c(-c5ccc(F)c(Cl)c5)n3)OC[C@]4(C)C(N)=O)C(F)(F)F)cc2c1. The number of nitrogens with one attached hydrogen (secondary N) is 1. The molecule has 0 aliphatic carbocycles. The van der Waals surface area contributed by atoms with Gasteiger partial charge in [-0.15, -0.1) is 0 Å². The number of alkyl halides is 3. The minimum absolute atomic E-state index is 0.0153. The Bertz CT molecular complexity index is 1980. The molecule has 16 heteroatoms. The molecule has 0 radical (unpaired) electrons. The number of rotatable bonds is 10. The summed E-state index contributed by atoms with van der Waals surface area (Å²) in [4.78, 5) is 45.6. The summed E-state index contributed by atoms with van der Waals surface area (Å²) < 4.78 is 69.5. The van der Waals surface area contributed by atoms with Crippen molar-refractivity contribution in [1.82, 2.24) is 15.3 Å². The van der Waals surface area contributed by atoms with E-state index in [0.29, 0.717) is 11.8 Å². The summed E-state index contributed by atoms with van der Waals surface area (Å²) in [6, 6.07) is 8.30. The molecule has 0 saturated carbocycles. The molecule has 0 bridgehead atoms. The number of carbonyl (C=O) groups excluding carboxylic acids is 3. The second kappa shape index (κ2) is 12.5. The van der Waals surface area contributed by atoms with Crippen molar-refractivity contribution in [3.63, 3.8) is 0 Å². The molecule has 1 unspecified atom stereocenters. The van der Waals surface area contributed by atoms with Gasteiger partial charge in [-0.3, -0.25) is 19.4 Å². The Morgan fingerprint density at radius 2 is 1.88 bits per heavy atom. The van der Waals surface area contributed by atoms with Crippen LogP contribution in [0.4, 0.5) is 17.6 Å². The fourth-order valence-corrected chi connectivity index (χ4v) is 5.31. The van der Waals surface area contributed by atoms with Crippen LogP contribution in [-0.4, -0.2) is 58.7 Å². The Morgan fingerprint density at radius 3 is 2.50 bits per heavy atom. The zero-order chi connectivity index (χ0) is 35.2. The smallest absolute Gasteiger partial charge is 0.424 e. The second-order valence-corrected chi connectivity index (χ2v) is 11.8. The number of hydrogen-bond acceptors (Lipinski definition) is 8. The van der Waals surface area contributed by atoms with Gasteiger partial charge in [-0.1, -0.05) is 18.5 Å². The van der Waals surface area contributed by atoms with Gasteiger partial charge >= 0.3 is 6.18 Å². The average molecular weight is 690 g/mol. The highest BCUT2D eigenvalue weighted by molar-refractivity contribution is 6.31. The highest BCUT2D eigenvalue weighted by Gasteiger charge is 2.57. The van der Waals surface area contributed by atoms with Crippen molar-refractivity contribution in [2.75, 3.05) is 19.8 Å². The maximum atomic E-state index is 14.8. The Balaban J connectivity index is 1.59. The molecule has 11 nitrogen and oxygen atoms in total. The summed E-state index contributed by atoms with van der Waals surface area (Å²) in [6.45, 7) is 0.843. The average Bonchev–Trinajstić information content (AvgIpc) is 3.39. The molecular weight excluding hydrogens is 662 g/mol. The Morgan fingerprint density at radius 1 is 1.15 bits per heavy atom. The summed E-state index contributed by atoms with van der Waals surface area (Å²) in [5.41, 5.74) is 4.79. The van der Waals surface area contributed by atoms with Crippen LogP contribution in [0.15, 0.2) is 48.7 Å². The molecule has 252 valence electrons. The number of primary amides is 2. The topological polar surface area (TPSA) is 180 Å². The minimum Gasteiger partial charge on any atom is -0.489 e. The van der Waals surface area contributed by atoms with E-state index >= 15 is 0 Å². The highest BCUT2D eigenvalue weighted by Crippen LogP contribution is 2.48. The molecule has 4 aromatic rings. The summed E-state index contributed by atoms with van der Waals surface area (Å²) in [7, 11) is 0. The van der Waals surface area contributed by atoms with Crippen LogP contribution in [0.25, 0.3) is 22.2 Å². The van der Waals surface area contributed by atoms with Crippen molar-refractivity contribution in [3.05, 3.63) is 81.9 Å². The van der Waals surface area contributed by atoms with Gasteiger partial charge in [0.15, 0.2) is 6.61 Å². The number of fused-ring (bicyclic) bond motifs is 2. The van der Waals surface area contributed by atoms with E-state index in [1.54, 1.807) is 12.3 Å². The van der Waals surface area contributed by atoms with Gasteiger partial charge in [-0.2, -0.15) is 13.2 Å². The molecule has 6 N–H and O–H groups in total. The Kier molecular flexibility index (Phi) is 8.97. The Hall–Kier alpha value is -5.02. The number of carbonyl (C=O) groups is 3. The van der Waals surface area contributed by atoms with E-state index < -0.39 is 59.6 Å². The molecule has 48 heavy (non-hydrogen) atoms. The molecule has 5 rings (SSSR count). The van der Waals surface area contributed by atoms with E-state index in [1.165, 1.54) is 25.1 Å². The number of pyridine rings is 2. The van der Waals surface area contributed by atoms with E-state index in [1.807, 2.05) is 6.92 Å². The lowest BCUT2D eigenvalue weighted by atomic mass is 9.81. The lowest BCUT2D eigenvalue weighted by Gasteiger charge is -2.31. The molecule has 0 spiro atoms. The van der Waals surface area contributed by atoms with Crippen LogP contribution < -0.4 is 26.3 Å². The van der Waals surface area contributed by atoms with Gasteiger partial charge in [0.25, 0.3) is 11.8 Å². The first-order valence-electron chi connectivity index (χ1n) is 14.3. The maximum absolute atomic E-state index is 14.8. The van der Waals surface area contributed by atoms with Gasteiger partial charge in [-0.25, -0.2) is 9.37 Å². The number of halogens is 5. The zero-order valence-corrected chi connectivity index (χ0v) is 26.1. The zero-order valence-electron chi connectivity index (χ0n) is 25.4. The van der Waals surface area contributed by atoms with E-state index in [-0.39, 0.29) is 51.0 Å². The fraction of sp³-hybridized carbons (Fsp3) is 0.281. The first-order valence-corrected chi connectivity index (χ1v) is 14.7. The third-order valence-corrected chi connectivity index (χ3v) is 8.34. The van der Waals surface area contributed by atoms with Crippen molar-refractivity contribution in [2.45, 2.75) is 37.5 Å². The molecule has 2 atom stereocenters. The fourth-order valence-electron chi connectivity index (χ4n) is 5.13. The third kappa shape index (κ3) is 6.18. The molecule has 2 aromatic carbocycles. The Labute approximate surface area is 275 Å². The lowest BCUT2D eigenvalue weighted by molar-refractivity contribution is -0.265. The van der Waals surface area contributed by atoms with E-state index in [9.17, 15) is 37.1 Å². The maximum Gasteiger partial charge on any atom is 0.424 e. The minimum atomic E-state index is -5.44. The number of ether oxygens (including phenoxy) is 2. The van der Waals surface area contributed by atoms with Gasteiger partial charge in [0.05, 0.1) is 17.3 Å². The van der Waals surface area contributed by atoms with Crippen LogP contribution in [0.3, 0.4) is 0 Å². The van der Waals surface area contributed by atoms with Crippen LogP contribution in [0.2, 0.25) is 5.02 Å². The van der Waals surface area contributed by atoms with Gasteiger partial charge < -0.3 is 31.4 Å². The largest absolute Gasteiger partial charge is 0.489 e. The molecular formula is C32H28ClF4N5O6. The number of nitrogens with zero attached hydrogens (tertiary/aromatic N) is 2. The number of aromatic nitrogens is 2. The van der Waals surface area contributed by atoms with Crippen LogP contribution in [-0.2, 0) is 27.0 Å². The van der Waals surface area contributed by atoms with Crippen molar-refractivity contribution < 1.29 is 46.5 Å². The molecule has 0 saturated heterocycles. The van der Waals surface area contributed by atoms with Crippen molar-refractivity contribution in [1.29, 1.82) is 0 Å². The van der Waals surface area contributed by atoms with Crippen LogP contribution in [0, 0.1) is 5.82 Å². The number of aryl methyl sites for hydroxylation is 1. The number of aliphatic hydroxyl groups is 1. The van der Waals surface area contributed by atoms with Crippen molar-refractivity contribution in [3.8, 4) is 22.8 Å². The predicted octanol–water partition coefficient (Wildman–Crippen LogP) is 3.83. The summed E-state index contributed by atoms with van der Waals surface area (Å²) in [6.07, 6.45) is -3.30. The molecule has 3 heterocycles. The summed E-state index contributed by atoms with van der Waals surface area (Å²) in [5.74, 6) is -3.77. The van der Waals surface area contributed by atoms with E-state index in [4.69, 9.17) is 32.5 Å². The highest BCUT2D eigenvalue weighted by atomic mass is 35.5. The molecule has 2 aromatic heterocycles. The molecule has 1 aliphatic rings. The number of amides is 3. The summed E-state index contributed by atoms with van der Waals surface area (Å²) >= 11 is 5.94. The van der Waals surface area contributed by atoms with Gasteiger partial charge in [-0.05, 0) is 61.4 Å². The second-order valence-electron chi connectivity index (χ2n) is 11.4. The number of hydrogen-bond donors (Lipinski definition) is 4. The van der Waals surface area contributed by atoms with Crippen molar-refractivity contribution >= 4 is 40.2 Å². The van der Waals surface area contributed by atoms with Gasteiger partial charge in [0, 0.05) is 28.3 Å². The molecule has 0 fully saturated rings. The normalized spacial score (nSPS) is 16.9. The third-order valence-electron chi connectivity index (χ3n) is 8.05. The van der Waals surface area contributed by atoms with Crippen molar-refractivity contribution in [2.24, 2.45) is 11.5 Å². The first kappa shape index (κ1) is 34.3. The van der Waals surface area contributed by atoms with Gasteiger partial charge in [0.2, 0.25) is 11.5 Å². The number of nitrogens with two attached hydrogens (primary N) is 2. The summed E-state index contributed by atoms with van der Waals surface area (Å²) in [5, 5.41) is 13.5. The number of benzene rings is 2. The molecule has 3 amide bonds. The standard InChI is InChI=1S/C32H28ClF4N5O6/c1-3-15-6-17-7-18(9-22(25(17)40-11-15)47-12-24(38)43)28(44)41-13-31(46,32(35,36)37)23-10-19-27(48-14-30(19,2)29(39)45)26(42-23)16-4-5-21(34)20(33)8-16/h4-11,46H,3,12-14H2,1-2H3,(H2,38,43)(H2,39,45)(H,41,44)/t30-,31?/m0/s1. The monoisotopic (exact) mass is 689 g/mol. The molecule has 1 aliphatic heterocycles. The van der Waals surface area contributed by atoms with Crippen LogP contribution in [0.5, 0.6) is 11.5 Å². The van der Waals surface area contributed by atoms with Crippen LogP contribution in [0.1, 0.15) is 41.0 Å². The van der Waals surface area contributed by atoms with E-state index in [2.05, 4.69) is 15.3 Å². The predicted molar refractivity (Wildman–Crippen MR) is 165 cm³/mol. The lowest BCUT2D eigenvalue weighted by Crippen LogP contribution is -2.51. The van der Waals surface area contributed by atoms with Crippen LogP contribution >= 0.6 is 11.6 Å². The van der Waals surface area contributed by atoms with Gasteiger partial charge in [0.1, 0.15) is 40.5 Å².